The molecule has 0 aliphatic carbocycles. The molecule has 2 atom stereocenters. The predicted molar refractivity (Wildman–Crippen MR) is 131 cm³/mol. The van der Waals surface area contributed by atoms with Gasteiger partial charge in [-0.2, -0.15) is 0 Å². The summed E-state index contributed by atoms with van der Waals surface area (Å²) in [5.41, 5.74) is 3.12. The summed E-state index contributed by atoms with van der Waals surface area (Å²) >= 11 is 0. The van der Waals surface area contributed by atoms with Crippen LogP contribution in [0.15, 0.2) is 42.5 Å². The summed E-state index contributed by atoms with van der Waals surface area (Å²) in [7, 11) is 0. The Hall–Kier alpha value is -3.03. The van der Waals surface area contributed by atoms with Crippen LogP contribution in [0.5, 0.6) is 0 Å². The van der Waals surface area contributed by atoms with Gasteiger partial charge in [-0.25, -0.2) is 13.6 Å². The molecule has 35 heavy (non-hydrogen) atoms. The average molecular weight is 481 g/mol. The Bertz CT molecular complexity index is 1270. The smallest absolute Gasteiger partial charge is 0.330 e. The van der Waals surface area contributed by atoms with E-state index >= 15 is 8.78 Å². The molecule has 0 spiro atoms. The van der Waals surface area contributed by atoms with Gasteiger partial charge in [-0.3, -0.25) is 4.90 Å². The van der Waals surface area contributed by atoms with Gasteiger partial charge >= 0.3 is 5.97 Å². The number of hydrogen-bond donors (Lipinski definition) is 1. The lowest BCUT2D eigenvalue weighted by atomic mass is 9.82. The Kier molecular flexibility index (Phi) is 6.23. The molecular formula is C28H30F2N2O3. The van der Waals surface area contributed by atoms with Crippen molar-refractivity contribution in [2.45, 2.75) is 39.3 Å². The zero-order chi connectivity index (χ0) is 24.7. The van der Waals surface area contributed by atoms with Gasteiger partial charge in [0.2, 0.25) is 0 Å². The van der Waals surface area contributed by atoms with Crippen LogP contribution in [0.25, 0.3) is 17.0 Å². The third-order valence-corrected chi connectivity index (χ3v) is 7.06. The minimum Gasteiger partial charge on any atom is -0.463 e. The first-order chi connectivity index (χ1) is 16.8. The summed E-state index contributed by atoms with van der Waals surface area (Å²) in [5.74, 6) is -1.84. The largest absolute Gasteiger partial charge is 0.463 e. The number of aromatic nitrogens is 1. The molecular weight excluding hydrogens is 450 g/mol. The van der Waals surface area contributed by atoms with Crippen LogP contribution >= 0.6 is 0 Å². The molecule has 2 aliphatic rings. The van der Waals surface area contributed by atoms with Crippen LogP contribution in [-0.4, -0.2) is 48.3 Å². The van der Waals surface area contributed by atoms with Gasteiger partial charge in [0.25, 0.3) is 0 Å². The Morgan fingerprint density at radius 2 is 1.97 bits per heavy atom. The number of halogens is 2. The molecule has 3 heterocycles. The first-order valence-electron chi connectivity index (χ1n) is 12.1. The van der Waals surface area contributed by atoms with E-state index in [2.05, 4.69) is 29.8 Å². The van der Waals surface area contributed by atoms with E-state index in [0.29, 0.717) is 19.8 Å². The summed E-state index contributed by atoms with van der Waals surface area (Å²) in [6, 6.07) is 10.0. The van der Waals surface area contributed by atoms with E-state index in [1.165, 1.54) is 24.3 Å². The molecule has 1 aromatic heterocycles. The molecule has 3 aromatic rings. The van der Waals surface area contributed by atoms with Crippen LogP contribution < -0.4 is 0 Å². The highest BCUT2D eigenvalue weighted by Crippen LogP contribution is 2.44. The highest BCUT2D eigenvalue weighted by atomic mass is 19.1. The van der Waals surface area contributed by atoms with Crippen molar-refractivity contribution in [3.63, 3.8) is 0 Å². The number of carbonyl (C=O) groups excluding carboxylic acids is 1. The summed E-state index contributed by atoms with van der Waals surface area (Å²) < 4.78 is 41.7. The number of H-pyrrole nitrogens is 1. The van der Waals surface area contributed by atoms with Gasteiger partial charge in [0, 0.05) is 46.2 Å². The molecule has 7 heteroatoms. The van der Waals surface area contributed by atoms with Crippen LogP contribution in [-0.2, 0) is 20.7 Å². The minimum atomic E-state index is -0.641. The van der Waals surface area contributed by atoms with Gasteiger partial charge in [-0.05, 0) is 55.7 Å². The summed E-state index contributed by atoms with van der Waals surface area (Å²) in [5, 5.41) is 1.09. The van der Waals surface area contributed by atoms with E-state index < -0.39 is 23.6 Å². The molecule has 2 aliphatic heterocycles. The number of nitrogens with zero attached hydrogens (tertiary/aromatic N) is 1. The fourth-order valence-electron chi connectivity index (χ4n) is 5.36. The van der Waals surface area contributed by atoms with E-state index in [4.69, 9.17) is 9.47 Å². The maximum atomic E-state index is 15.7. The van der Waals surface area contributed by atoms with Gasteiger partial charge in [-0.1, -0.05) is 25.1 Å². The lowest BCUT2D eigenvalue weighted by molar-refractivity contribution is -0.137. The standard InChI is InChI=1S/C28H30F2N2O3/c1-4-35-24(33)10-9-18-12-21(29)25(22(30)13-18)27-26-20(19-7-5-6-8-23(19)31-26)11-17(2)32(27)14-28(3)15-34-16-28/h5-10,12-13,17,27,31H,4,11,14-16H2,1-3H3/b10-9+/t17-,27-/m1/s1. The Labute approximate surface area is 203 Å². The van der Waals surface area contributed by atoms with Crippen LogP contribution in [0.1, 0.15) is 49.2 Å². The van der Waals surface area contributed by atoms with Gasteiger partial charge in [0.15, 0.2) is 0 Å². The second-order valence-electron chi connectivity index (χ2n) is 9.98. The van der Waals surface area contributed by atoms with E-state index in [-0.39, 0.29) is 29.2 Å². The van der Waals surface area contributed by atoms with Gasteiger partial charge in [-0.15, -0.1) is 0 Å². The quantitative estimate of drug-likeness (QED) is 0.379. The van der Waals surface area contributed by atoms with E-state index in [0.717, 1.165) is 28.6 Å². The predicted octanol–water partition coefficient (Wildman–Crippen LogP) is 5.39. The number of carbonyl (C=O) groups is 1. The third kappa shape index (κ3) is 4.39. The van der Waals surface area contributed by atoms with Crippen molar-refractivity contribution in [2.75, 3.05) is 26.4 Å². The van der Waals surface area contributed by atoms with E-state index in [1.807, 2.05) is 18.2 Å². The third-order valence-electron chi connectivity index (χ3n) is 7.06. The number of esters is 1. The van der Waals surface area contributed by atoms with Gasteiger partial charge < -0.3 is 14.5 Å². The zero-order valence-electron chi connectivity index (χ0n) is 20.2. The molecule has 184 valence electrons. The molecule has 1 fully saturated rings. The number of nitrogens with one attached hydrogen (secondary N) is 1. The van der Waals surface area contributed by atoms with E-state index in [1.54, 1.807) is 6.92 Å². The molecule has 0 amide bonds. The number of fused-ring (bicyclic) bond motifs is 3. The van der Waals surface area contributed by atoms with Crippen molar-refractivity contribution in [3.05, 3.63) is 76.5 Å². The molecule has 0 radical (unpaired) electrons. The van der Waals surface area contributed by atoms with Crippen LogP contribution in [0.4, 0.5) is 8.78 Å². The van der Waals surface area contributed by atoms with Crippen LogP contribution in [0, 0.1) is 17.0 Å². The highest BCUT2D eigenvalue weighted by Gasteiger charge is 2.44. The Morgan fingerprint density at radius 3 is 2.63 bits per heavy atom. The summed E-state index contributed by atoms with van der Waals surface area (Å²) in [6.45, 7) is 8.12. The topological polar surface area (TPSA) is 54.6 Å². The molecule has 0 saturated carbocycles. The lowest BCUT2D eigenvalue weighted by Crippen LogP contribution is -2.54. The molecule has 2 aromatic carbocycles. The average Bonchev–Trinajstić information content (AvgIpc) is 3.16. The molecule has 0 unspecified atom stereocenters. The summed E-state index contributed by atoms with van der Waals surface area (Å²) in [4.78, 5) is 17.3. The molecule has 0 bridgehead atoms. The zero-order valence-corrected chi connectivity index (χ0v) is 20.2. The first kappa shape index (κ1) is 23.7. The van der Waals surface area contributed by atoms with Gasteiger partial charge in [0.1, 0.15) is 11.6 Å². The summed E-state index contributed by atoms with van der Waals surface area (Å²) in [6.07, 6.45) is 3.34. The fourth-order valence-corrected chi connectivity index (χ4v) is 5.36. The Balaban J connectivity index is 1.61. The number of benzene rings is 2. The van der Waals surface area contributed by atoms with Crippen molar-refractivity contribution in [1.82, 2.24) is 9.88 Å². The molecule has 5 rings (SSSR count). The minimum absolute atomic E-state index is 0.0153. The Morgan fingerprint density at radius 1 is 1.26 bits per heavy atom. The number of para-hydroxylation sites is 1. The first-order valence-corrected chi connectivity index (χ1v) is 12.1. The normalized spacial score (nSPS) is 21.7. The molecule has 1 saturated heterocycles. The van der Waals surface area contributed by atoms with Crippen molar-refractivity contribution >= 4 is 22.9 Å². The van der Waals surface area contributed by atoms with Gasteiger partial charge in [0.05, 0.1) is 25.9 Å². The van der Waals surface area contributed by atoms with Crippen molar-refractivity contribution < 1.29 is 23.0 Å². The number of rotatable bonds is 6. The monoisotopic (exact) mass is 480 g/mol. The van der Waals surface area contributed by atoms with Crippen molar-refractivity contribution in [3.8, 4) is 0 Å². The number of ether oxygens (including phenoxy) is 2. The second-order valence-corrected chi connectivity index (χ2v) is 9.98. The van der Waals surface area contributed by atoms with Crippen molar-refractivity contribution in [1.29, 1.82) is 0 Å². The molecule has 5 nitrogen and oxygen atoms in total. The molecule has 1 N–H and O–H groups in total. The lowest BCUT2D eigenvalue weighted by Gasteiger charge is -2.48. The highest BCUT2D eigenvalue weighted by molar-refractivity contribution is 5.87. The van der Waals surface area contributed by atoms with Crippen LogP contribution in [0.3, 0.4) is 0 Å². The maximum absolute atomic E-state index is 15.7. The van der Waals surface area contributed by atoms with E-state index in [9.17, 15) is 4.79 Å². The second kappa shape index (κ2) is 9.21. The number of aromatic amines is 1. The van der Waals surface area contributed by atoms with Crippen molar-refractivity contribution in [2.24, 2.45) is 5.41 Å². The SMILES string of the molecule is CCOC(=O)/C=C/c1cc(F)c([C@@H]2c3[nH]c4ccccc4c3C[C@@H](C)N2CC2(C)COC2)c(F)c1. The van der Waals surface area contributed by atoms with Crippen LogP contribution in [0.2, 0.25) is 0 Å². The maximum Gasteiger partial charge on any atom is 0.330 e. The fraction of sp³-hybridized carbons (Fsp3) is 0.393. The number of hydrogen-bond acceptors (Lipinski definition) is 4.